The van der Waals surface area contributed by atoms with E-state index in [1.165, 1.54) is 26.0 Å². The Balaban J connectivity index is 1.87. The van der Waals surface area contributed by atoms with Crippen LogP contribution in [0.15, 0.2) is 85.1 Å². The summed E-state index contributed by atoms with van der Waals surface area (Å²) in [5, 5.41) is 0. The molecule has 0 unspecified atom stereocenters. The number of benzene rings is 3. The molecule has 0 heterocycles. The van der Waals surface area contributed by atoms with Gasteiger partial charge in [0.25, 0.3) is 0 Å². The van der Waals surface area contributed by atoms with Gasteiger partial charge >= 0.3 is 5.97 Å². The first kappa shape index (κ1) is 19.2. The third-order valence-corrected chi connectivity index (χ3v) is 4.20. The maximum atomic E-state index is 12.1. The summed E-state index contributed by atoms with van der Waals surface area (Å²) in [4.78, 5) is 12.1. The van der Waals surface area contributed by atoms with E-state index in [0.29, 0.717) is 22.6 Å². The van der Waals surface area contributed by atoms with Gasteiger partial charge in [0.2, 0.25) is 0 Å². The van der Waals surface area contributed by atoms with Crippen molar-refractivity contribution in [1.29, 1.82) is 0 Å². The van der Waals surface area contributed by atoms with Gasteiger partial charge in [0.1, 0.15) is 17.1 Å². The molecule has 0 aliphatic carbocycles. The molecule has 0 bridgehead atoms. The molecule has 0 aliphatic heterocycles. The molecular weight excluding hydrogens is 352 g/mol. The van der Waals surface area contributed by atoms with Gasteiger partial charge < -0.3 is 14.2 Å². The normalized spacial score (nSPS) is 11.0. The Morgan fingerprint density at radius 3 is 2.32 bits per heavy atom. The van der Waals surface area contributed by atoms with Crippen molar-refractivity contribution in [3.8, 4) is 11.5 Å². The number of carbonyl (C=O) groups excluding carboxylic acids is 1. The lowest BCUT2D eigenvalue weighted by atomic mass is 10.0. The Kier molecular flexibility index (Phi) is 6.47. The molecule has 0 atom stereocenters. The number of methoxy groups -OCH3 is 2. The van der Waals surface area contributed by atoms with E-state index in [9.17, 15) is 4.79 Å². The summed E-state index contributed by atoms with van der Waals surface area (Å²) < 4.78 is 16.0. The minimum Gasteiger partial charge on any atom is -0.503 e. The Labute approximate surface area is 165 Å². The lowest BCUT2D eigenvalue weighted by molar-refractivity contribution is -0.133. The Morgan fingerprint density at radius 1 is 0.857 bits per heavy atom. The fourth-order valence-electron chi connectivity index (χ4n) is 2.90. The second kappa shape index (κ2) is 9.42. The highest BCUT2D eigenvalue weighted by Crippen LogP contribution is 2.31. The second-order valence-electron chi connectivity index (χ2n) is 6.17. The average Bonchev–Trinajstić information content (AvgIpc) is 2.73. The molecule has 4 nitrogen and oxygen atoms in total. The first-order chi connectivity index (χ1) is 13.7. The van der Waals surface area contributed by atoms with Crippen LogP contribution in [0.1, 0.15) is 16.7 Å². The zero-order valence-corrected chi connectivity index (χ0v) is 15.9. The van der Waals surface area contributed by atoms with Crippen LogP contribution in [0.2, 0.25) is 0 Å². The van der Waals surface area contributed by atoms with Crippen LogP contribution in [0.5, 0.6) is 11.5 Å². The average molecular weight is 374 g/mol. The van der Waals surface area contributed by atoms with Gasteiger partial charge in [0.15, 0.2) is 0 Å². The van der Waals surface area contributed by atoms with Crippen molar-refractivity contribution in [2.45, 2.75) is 6.42 Å². The van der Waals surface area contributed by atoms with Crippen LogP contribution >= 0.6 is 0 Å². The maximum absolute atomic E-state index is 12.1. The monoisotopic (exact) mass is 374 g/mol. The van der Waals surface area contributed by atoms with Crippen LogP contribution in [0, 0.1) is 0 Å². The molecule has 0 N–H and O–H groups in total. The largest absolute Gasteiger partial charge is 0.503 e. The van der Waals surface area contributed by atoms with E-state index in [1.54, 1.807) is 6.07 Å². The van der Waals surface area contributed by atoms with Gasteiger partial charge in [0.05, 0.1) is 20.5 Å². The highest BCUT2D eigenvalue weighted by Gasteiger charge is 2.18. The van der Waals surface area contributed by atoms with E-state index < -0.39 is 5.97 Å². The van der Waals surface area contributed by atoms with Crippen molar-refractivity contribution in [2.75, 3.05) is 14.2 Å². The van der Waals surface area contributed by atoms with Gasteiger partial charge in [-0.05, 0) is 35.7 Å². The molecule has 28 heavy (non-hydrogen) atoms. The first-order valence-electron chi connectivity index (χ1n) is 8.92. The van der Waals surface area contributed by atoms with Crippen molar-refractivity contribution in [1.82, 2.24) is 0 Å². The van der Waals surface area contributed by atoms with Crippen LogP contribution < -0.4 is 4.74 Å². The molecule has 0 aromatic heterocycles. The molecule has 0 amide bonds. The molecule has 0 fully saturated rings. The van der Waals surface area contributed by atoms with Crippen molar-refractivity contribution in [2.24, 2.45) is 0 Å². The highest BCUT2D eigenvalue weighted by molar-refractivity contribution is 6.17. The van der Waals surface area contributed by atoms with E-state index in [4.69, 9.17) is 14.2 Å². The van der Waals surface area contributed by atoms with Crippen molar-refractivity contribution in [3.05, 3.63) is 102 Å². The van der Waals surface area contributed by atoms with Crippen molar-refractivity contribution >= 4 is 11.5 Å². The molecule has 0 radical (unpaired) electrons. The fourth-order valence-corrected chi connectivity index (χ4v) is 2.90. The van der Waals surface area contributed by atoms with E-state index >= 15 is 0 Å². The number of ether oxygens (including phenoxy) is 3. The molecule has 0 saturated heterocycles. The third kappa shape index (κ3) is 4.80. The number of carbonyl (C=O) groups is 1. The predicted molar refractivity (Wildman–Crippen MR) is 109 cm³/mol. The number of para-hydroxylation sites is 1. The van der Waals surface area contributed by atoms with E-state index in [-0.39, 0.29) is 0 Å². The van der Waals surface area contributed by atoms with Crippen molar-refractivity contribution in [3.63, 3.8) is 0 Å². The summed E-state index contributed by atoms with van der Waals surface area (Å²) in [7, 11) is 2.82. The number of hydrogen-bond donors (Lipinski definition) is 0. The summed E-state index contributed by atoms with van der Waals surface area (Å²) in [5.74, 6) is 0.756. The molecule has 0 spiro atoms. The van der Waals surface area contributed by atoms with Gasteiger partial charge in [-0.25, -0.2) is 4.79 Å². The van der Waals surface area contributed by atoms with Gasteiger partial charge in [-0.2, -0.15) is 0 Å². The quantitative estimate of drug-likeness (QED) is 0.323. The first-order valence-corrected chi connectivity index (χ1v) is 8.92. The predicted octanol–water partition coefficient (Wildman–Crippen LogP) is 5.23. The molecule has 142 valence electrons. The highest BCUT2D eigenvalue weighted by atomic mass is 16.5. The minimum absolute atomic E-state index is 0.293. The Hall–Kier alpha value is -3.53. The smallest absolute Gasteiger partial charge is 0.341 e. The third-order valence-electron chi connectivity index (χ3n) is 4.20. The summed E-state index contributed by atoms with van der Waals surface area (Å²) in [6, 6.07) is 25.5. The molecular formula is C24H22O4. The molecule has 3 rings (SSSR count). The van der Waals surface area contributed by atoms with E-state index in [2.05, 4.69) is 18.2 Å². The molecule has 3 aromatic carbocycles. The zero-order valence-electron chi connectivity index (χ0n) is 15.9. The zero-order chi connectivity index (χ0) is 19.8. The Morgan fingerprint density at radius 2 is 1.57 bits per heavy atom. The lowest BCUT2D eigenvalue weighted by Gasteiger charge is -2.13. The lowest BCUT2D eigenvalue weighted by Crippen LogP contribution is -2.05. The summed E-state index contributed by atoms with van der Waals surface area (Å²) in [5.41, 5.74) is 3.27. The van der Waals surface area contributed by atoms with Crippen LogP contribution in [-0.4, -0.2) is 20.2 Å². The van der Waals surface area contributed by atoms with E-state index in [0.717, 1.165) is 12.0 Å². The van der Waals surface area contributed by atoms with Crippen LogP contribution in [0.3, 0.4) is 0 Å². The van der Waals surface area contributed by atoms with Crippen molar-refractivity contribution < 1.29 is 19.0 Å². The molecule has 0 saturated carbocycles. The molecule has 0 aliphatic rings. The van der Waals surface area contributed by atoms with Gasteiger partial charge in [0, 0.05) is 5.56 Å². The topological polar surface area (TPSA) is 44.8 Å². The summed E-state index contributed by atoms with van der Waals surface area (Å²) in [6.45, 7) is 0. The fraction of sp³-hybridized carbons (Fsp3) is 0.125. The minimum atomic E-state index is -0.490. The second-order valence-corrected chi connectivity index (χ2v) is 6.17. The molecule has 4 heteroatoms. The van der Waals surface area contributed by atoms with Crippen LogP contribution in [0.4, 0.5) is 0 Å². The van der Waals surface area contributed by atoms with Gasteiger partial charge in [-0.1, -0.05) is 60.7 Å². The number of esters is 1. The van der Waals surface area contributed by atoms with Crippen LogP contribution in [-0.2, 0) is 20.7 Å². The Bertz CT molecular complexity index is 961. The summed E-state index contributed by atoms with van der Waals surface area (Å²) in [6.07, 6.45) is 2.18. The standard InChI is InChI=1S/C24H22O4/c1-26-17-22(24(25)27-2)21-13-6-7-14-23(21)28-20-12-8-11-19(16-20)15-18-9-4-3-5-10-18/h3-14,16-17H,15H2,1-2H3. The van der Waals surface area contributed by atoms with Gasteiger partial charge in [-0.3, -0.25) is 0 Å². The van der Waals surface area contributed by atoms with E-state index in [1.807, 2.05) is 54.6 Å². The summed E-state index contributed by atoms with van der Waals surface area (Å²) >= 11 is 0. The van der Waals surface area contributed by atoms with Gasteiger partial charge in [-0.15, -0.1) is 0 Å². The molecule has 3 aromatic rings. The number of rotatable bonds is 7. The SMILES string of the molecule is COC=C(C(=O)OC)c1ccccc1Oc1cccc(Cc2ccccc2)c1. The maximum Gasteiger partial charge on any atom is 0.341 e. The number of hydrogen-bond acceptors (Lipinski definition) is 4. The van der Waals surface area contributed by atoms with Crippen LogP contribution in [0.25, 0.3) is 5.57 Å².